The van der Waals surface area contributed by atoms with Crippen molar-refractivity contribution in [1.82, 2.24) is 0 Å². The summed E-state index contributed by atoms with van der Waals surface area (Å²) in [7, 11) is 1.56. The molecule has 0 saturated heterocycles. The molecule has 3 aromatic rings. The smallest absolute Gasteiger partial charge is 0.339 e. The molecule has 212 valence electrons. The Morgan fingerprint density at radius 3 is 1.92 bits per heavy atom. The van der Waals surface area contributed by atoms with Crippen LogP contribution in [0.15, 0.2) is 46.9 Å². The molecule has 0 atom stereocenters. The summed E-state index contributed by atoms with van der Waals surface area (Å²) in [4.78, 5) is 22.5. The summed E-state index contributed by atoms with van der Waals surface area (Å²) in [5.41, 5.74) is 4.90. The minimum atomic E-state index is -1.11. The van der Waals surface area contributed by atoms with Crippen LogP contribution in [0.1, 0.15) is 88.6 Å². The number of Topliss-reactive ketones (excluding diaryl/α,β-unsaturated/α-hetero) is 1. The zero-order valence-corrected chi connectivity index (χ0v) is 25.9. The fraction of sp³-hybridized carbons (Fsp3) is 0.375. The predicted molar refractivity (Wildman–Crippen MR) is 161 cm³/mol. The van der Waals surface area contributed by atoms with Crippen molar-refractivity contribution in [3.63, 3.8) is 0 Å². The number of aromatic carboxylic acids is 1. The van der Waals surface area contributed by atoms with Crippen LogP contribution in [0.2, 0.25) is 0 Å². The van der Waals surface area contributed by atoms with Gasteiger partial charge < -0.3 is 19.7 Å². The van der Waals surface area contributed by atoms with Crippen LogP contribution < -0.4 is 9.47 Å². The second kappa shape index (κ2) is 16.6. The Kier molecular flexibility index (Phi) is 14.3. The molecule has 7 heteroatoms. The van der Waals surface area contributed by atoms with Crippen LogP contribution in [0.4, 0.5) is 0 Å². The van der Waals surface area contributed by atoms with Crippen LogP contribution in [-0.4, -0.2) is 29.1 Å². The van der Waals surface area contributed by atoms with E-state index in [1.165, 1.54) is 26.2 Å². The van der Waals surface area contributed by atoms with Gasteiger partial charge in [-0.15, -0.1) is 0 Å². The number of ether oxygens (including phenoxy) is 2. The molecule has 2 N–H and O–H groups in total. The summed E-state index contributed by atoms with van der Waals surface area (Å²) >= 11 is 3.17. The number of ketones is 1. The van der Waals surface area contributed by atoms with E-state index < -0.39 is 5.97 Å². The predicted octanol–water partition coefficient (Wildman–Crippen LogP) is 8.76. The Balaban J connectivity index is 0.000000346. The molecule has 0 aliphatic heterocycles. The Morgan fingerprint density at radius 2 is 1.46 bits per heavy atom. The SMILES string of the molecule is C1CC1.CC.COc1cc(OCc2ccccc2)cc(C)c1C(C)=O.Cc1c(C)c(Br)c(O)c(C(=O)O)c1C. The van der Waals surface area contributed by atoms with Gasteiger partial charge in [0.25, 0.3) is 0 Å². The normalized spacial score (nSPS) is 10.9. The molecule has 1 saturated carbocycles. The van der Waals surface area contributed by atoms with E-state index in [1.807, 2.05) is 71.0 Å². The van der Waals surface area contributed by atoms with E-state index in [2.05, 4.69) is 15.9 Å². The molecule has 1 aliphatic rings. The first-order valence-corrected chi connectivity index (χ1v) is 13.9. The summed E-state index contributed by atoms with van der Waals surface area (Å²) in [6, 6.07) is 13.6. The van der Waals surface area contributed by atoms with Crippen LogP contribution in [0.5, 0.6) is 17.2 Å². The van der Waals surface area contributed by atoms with Gasteiger partial charge in [-0.25, -0.2) is 4.79 Å². The van der Waals surface area contributed by atoms with Gasteiger partial charge >= 0.3 is 5.97 Å². The van der Waals surface area contributed by atoms with Gasteiger partial charge in [0, 0.05) is 6.07 Å². The second-order valence-corrected chi connectivity index (χ2v) is 9.72. The molecule has 0 aromatic heterocycles. The lowest BCUT2D eigenvalue weighted by atomic mass is 9.98. The van der Waals surface area contributed by atoms with Gasteiger partial charge in [0.05, 0.1) is 17.1 Å². The van der Waals surface area contributed by atoms with Crippen molar-refractivity contribution in [3.05, 3.63) is 85.9 Å². The summed E-state index contributed by atoms with van der Waals surface area (Å²) in [5.74, 6) is -0.0513. The molecule has 3 aromatic carbocycles. The third-order valence-corrected chi connectivity index (χ3v) is 6.90. The van der Waals surface area contributed by atoms with Crippen molar-refractivity contribution >= 4 is 27.7 Å². The number of phenols is 1. The van der Waals surface area contributed by atoms with Gasteiger partial charge in [-0.2, -0.15) is 0 Å². The molecule has 39 heavy (non-hydrogen) atoms. The third-order valence-electron chi connectivity index (χ3n) is 5.93. The number of carboxylic acids is 1. The van der Waals surface area contributed by atoms with Gasteiger partial charge in [0.15, 0.2) is 5.78 Å². The molecule has 1 fully saturated rings. The fourth-order valence-corrected chi connectivity index (χ4v) is 4.01. The van der Waals surface area contributed by atoms with Gasteiger partial charge in [0.1, 0.15) is 29.4 Å². The number of halogens is 1. The number of carbonyl (C=O) groups is 2. The number of rotatable bonds is 6. The number of carboxylic acid groups (broad SMARTS) is 1. The zero-order chi connectivity index (χ0) is 29.7. The van der Waals surface area contributed by atoms with E-state index in [1.54, 1.807) is 20.1 Å². The lowest BCUT2D eigenvalue weighted by molar-refractivity contribution is 0.0692. The van der Waals surface area contributed by atoms with Crippen LogP contribution in [0.25, 0.3) is 0 Å². The molecule has 0 radical (unpaired) electrons. The van der Waals surface area contributed by atoms with E-state index >= 15 is 0 Å². The number of aryl methyl sites for hydroxylation is 1. The monoisotopic (exact) mass is 600 g/mol. The van der Waals surface area contributed by atoms with E-state index in [4.69, 9.17) is 14.6 Å². The fourth-order valence-electron chi connectivity index (χ4n) is 3.52. The summed E-state index contributed by atoms with van der Waals surface area (Å²) in [6.07, 6.45) is 4.50. The molecule has 1 aliphatic carbocycles. The number of hydrogen-bond donors (Lipinski definition) is 2. The number of methoxy groups -OCH3 is 1. The zero-order valence-electron chi connectivity index (χ0n) is 24.3. The van der Waals surface area contributed by atoms with Crippen LogP contribution >= 0.6 is 15.9 Å². The third kappa shape index (κ3) is 10.1. The molecule has 0 amide bonds. The highest BCUT2D eigenvalue weighted by atomic mass is 79.9. The number of hydrogen-bond acceptors (Lipinski definition) is 5. The van der Waals surface area contributed by atoms with Gasteiger partial charge in [0.2, 0.25) is 0 Å². The lowest BCUT2D eigenvalue weighted by Crippen LogP contribution is -2.04. The average molecular weight is 602 g/mol. The van der Waals surface area contributed by atoms with Crippen LogP contribution in [0.3, 0.4) is 0 Å². The van der Waals surface area contributed by atoms with Crippen LogP contribution in [-0.2, 0) is 6.61 Å². The van der Waals surface area contributed by atoms with E-state index in [0.717, 1.165) is 22.3 Å². The van der Waals surface area contributed by atoms with Crippen molar-refractivity contribution in [2.75, 3.05) is 7.11 Å². The maximum absolute atomic E-state index is 11.6. The minimum Gasteiger partial charge on any atom is -0.506 e. The van der Waals surface area contributed by atoms with E-state index in [-0.39, 0.29) is 17.1 Å². The quantitative estimate of drug-likeness (QED) is 0.275. The molecule has 0 heterocycles. The first-order valence-electron chi connectivity index (χ1n) is 13.1. The maximum Gasteiger partial charge on any atom is 0.339 e. The number of aromatic hydroxyl groups is 1. The highest BCUT2D eigenvalue weighted by molar-refractivity contribution is 9.10. The van der Waals surface area contributed by atoms with Crippen molar-refractivity contribution < 1.29 is 29.3 Å². The Labute approximate surface area is 241 Å². The van der Waals surface area contributed by atoms with Crippen LogP contribution in [0, 0.1) is 27.7 Å². The molecular formula is C32H41BrO6. The van der Waals surface area contributed by atoms with E-state index in [9.17, 15) is 14.7 Å². The first-order chi connectivity index (χ1) is 18.5. The number of carbonyl (C=O) groups excluding carboxylic acids is 1. The van der Waals surface area contributed by atoms with Crippen molar-refractivity contribution in [2.24, 2.45) is 0 Å². The van der Waals surface area contributed by atoms with Crippen molar-refractivity contribution in [2.45, 2.75) is 74.3 Å². The maximum atomic E-state index is 11.6. The van der Waals surface area contributed by atoms with E-state index in [0.29, 0.717) is 33.7 Å². The Bertz CT molecular complexity index is 1220. The summed E-state index contributed by atoms with van der Waals surface area (Å²) in [6.45, 7) is 13.3. The standard InChI is InChI=1S/C17H18O3.C10H11BrO3.C3H6.C2H6/c1-12-9-15(10-16(19-3)17(12)13(2)18)20-11-14-7-5-4-6-8-14;1-4-5(2)7(10(13)14)9(12)8(11)6(4)3;1-2-3-1;1-2/h4-10H,11H2,1-3H3;12H,1-3H3,(H,13,14);1-3H2;1-2H3. The number of benzene rings is 3. The second-order valence-electron chi connectivity index (χ2n) is 8.93. The molecule has 4 rings (SSSR count). The highest BCUT2D eigenvalue weighted by Crippen LogP contribution is 2.36. The minimum absolute atomic E-state index is 0.00559. The molecule has 0 bridgehead atoms. The summed E-state index contributed by atoms with van der Waals surface area (Å²) in [5, 5.41) is 18.5. The van der Waals surface area contributed by atoms with Crippen molar-refractivity contribution in [1.29, 1.82) is 0 Å². The Hall–Kier alpha value is -3.32. The Morgan fingerprint density at radius 1 is 0.897 bits per heavy atom. The topological polar surface area (TPSA) is 93.1 Å². The molecule has 0 spiro atoms. The lowest BCUT2D eigenvalue weighted by Gasteiger charge is -2.13. The van der Waals surface area contributed by atoms with Gasteiger partial charge in [-0.05, 0) is 84.4 Å². The molecule has 6 nitrogen and oxygen atoms in total. The summed E-state index contributed by atoms with van der Waals surface area (Å²) < 4.78 is 11.5. The average Bonchev–Trinajstić information content (AvgIpc) is 3.81. The largest absolute Gasteiger partial charge is 0.506 e. The van der Waals surface area contributed by atoms with Gasteiger partial charge in [-0.1, -0.05) is 63.4 Å². The highest BCUT2D eigenvalue weighted by Gasteiger charge is 2.20. The van der Waals surface area contributed by atoms with Gasteiger partial charge in [-0.3, -0.25) is 4.79 Å². The molecule has 0 unspecified atom stereocenters. The van der Waals surface area contributed by atoms with Crippen molar-refractivity contribution in [3.8, 4) is 17.2 Å². The molecular weight excluding hydrogens is 560 g/mol. The first kappa shape index (κ1) is 33.7.